The third-order valence-corrected chi connectivity index (χ3v) is 2.51. The molecule has 0 aliphatic heterocycles. The summed E-state index contributed by atoms with van der Waals surface area (Å²) in [7, 11) is 0. The Morgan fingerprint density at radius 3 is 1.94 bits per heavy atom. The van der Waals surface area contributed by atoms with Crippen molar-refractivity contribution in [2.45, 2.75) is 85.2 Å². The van der Waals surface area contributed by atoms with Gasteiger partial charge < -0.3 is 0 Å². The molecule has 0 spiro atoms. The van der Waals surface area contributed by atoms with Gasteiger partial charge in [-0.25, -0.2) is 0 Å². The lowest BCUT2D eigenvalue weighted by Gasteiger charge is -2.27. The number of nitrogens with zero attached hydrogens (tertiary/aromatic N) is 2. The minimum absolute atomic E-state index is 0.0391. The molecule has 1 unspecified atom stereocenters. The average molecular weight is 226 g/mol. The molecule has 0 aromatic carbocycles. The van der Waals surface area contributed by atoms with Crippen LogP contribution in [0.4, 0.5) is 0 Å². The summed E-state index contributed by atoms with van der Waals surface area (Å²) in [5.74, 6) is 0.681. The van der Waals surface area contributed by atoms with E-state index >= 15 is 0 Å². The van der Waals surface area contributed by atoms with E-state index in [2.05, 4.69) is 58.7 Å². The third kappa shape index (κ3) is 7.84. The SMILES string of the molecule is CCCCC(C)(CC(C)C)N=NC(C)(C)C. The van der Waals surface area contributed by atoms with Crippen molar-refractivity contribution in [3.05, 3.63) is 0 Å². The molecule has 0 aliphatic rings. The normalized spacial score (nSPS) is 17.0. The van der Waals surface area contributed by atoms with Gasteiger partial charge in [0.1, 0.15) is 0 Å². The Hall–Kier alpha value is -0.400. The van der Waals surface area contributed by atoms with Crippen molar-refractivity contribution >= 4 is 0 Å². The van der Waals surface area contributed by atoms with Crippen molar-refractivity contribution in [3.8, 4) is 0 Å². The zero-order valence-corrected chi connectivity index (χ0v) is 12.3. The highest BCUT2D eigenvalue weighted by atomic mass is 15.2. The van der Waals surface area contributed by atoms with Crippen LogP contribution in [0, 0.1) is 5.92 Å². The molecule has 0 N–H and O–H groups in total. The van der Waals surface area contributed by atoms with Crippen molar-refractivity contribution in [3.63, 3.8) is 0 Å². The minimum Gasteiger partial charge on any atom is -0.188 e. The lowest BCUT2D eigenvalue weighted by atomic mass is 9.87. The van der Waals surface area contributed by atoms with E-state index in [0.717, 1.165) is 12.8 Å². The van der Waals surface area contributed by atoms with E-state index in [1.807, 2.05) is 0 Å². The Kier molecular flexibility index (Phi) is 6.20. The predicted octanol–water partition coefficient (Wildman–Crippen LogP) is 5.23. The molecule has 0 saturated carbocycles. The van der Waals surface area contributed by atoms with Gasteiger partial charge >= 0.3 is 0 Å². The second-order valence-corrected chi connectivity index (χ2v) is 6.57. The maximum Gasteiger partial charge on any atom is 0.0790 e. The first-order valence-electron chi connectivity index (χ1n) is 6.62. The Morgan fingerprint density at radius 1 is 1.00 bits per heavy atom. The molecule has 0 aromatic heterocycles. The first kappa shape index (κ1) is 15.6. The molecule has 0 radical (unpaired) electrons. The van der Waals surface area contributed by atoms with Crippen molar-refractivity contribution in [2.24, 2.45) is 16.1 Å². The van der Waals surface area contributed by atoms with Crippen LogP contribution < -0.4 is 0 Å². The first-order valence-corrected chi connectivity index (χ1v) is 6.62. The fraction of sp³-hybridized carbons (Fsp3) is 1.00. The van der Waals surface area contributed by atoms with Crippen LogP contribution in [-0.4, -0.2) is 11.1 Å². The van der Waals surface area contributed by atoms with Crippen LogP contribution in [0.25, 0.3) is 0 Å². The predicted molar refractivity (Wildman–Crippen MR) is 72.0 cm³/mol. The van der Waals surface area contributed by atoms with Crippen LogP contribution in [0.5, 0.6) is 0 Å². The molecule has 0 fully saturated rings. The van der Waals surface area contributed by atoms with Crippen molar-refractivity contribution in [2.75, 3.05) is 0 Å². The minimum atomic E-state index is -0.0511. The molecule has 0 bridgehead atoms. The lowest BCUT2D eigenvalue weighted by molar-refractivity contribution is 0.313. The summed E-state index contributed by atoms with van der Waals surface area (Å²) in [5, 5.41) is 9.09. The van der Waals surface area contributed by atoms with E-state index in [1.165, 1.54) is 12.8 Å². The summed E-state index contributed by atoms with van der Waals surface area (Å²) in [6, 6.07) is 0. The highest BCUT2D eigenvalue weighted by Gasteiger charge is 2.25. The lowest BCUT2D eigenvalue weighted by Crippen LogP contribution is -2.25. The van der Waals surface area contributed by atoms with Gasteiger partial charge in [0.25, 0.3) is 0 Å². The molecule has 0 rings (SSSR count). The maximum absolute atomic E-state index is 4.63. The van der Waals surface area contributed by atoms with E-state index in [4.69, 9.17) is 0 Å². The molecule has 1 atom stereocenters. The van der Waals surface area contributed by atoms with Crippen LogP contribution >= 0.6 is 0 Å². The molecule has 0 amide bonds. The Bertz CT molecular complexity index is 213. The maximum atomic E-state index is 4.63. The summed E-state index contributed by atoms with van der Waals surface area (Å²) >= 11 is 0. The van der Waals surface area contributed by atoms with Gasteiger partial charge in [0.15, 0.2) is 0 Å². The summed E-state index contributed by atoms with van der Waals surface area (Å²) in [6.07, 6.45) is 4.76. The molecule has 0 aliphatic carbocycles. The monoisotopic (exact) mass is 226 g/mol. The van der Waals surface area contributed by atoms with Gasteiger partial charge in [-0.05, 0) is 46.5 Å². The van der Waals surface area contributed by atoms with Crippen molar-refractivity contribution in [1.29, 1.82) is 0 Å². The van der Waals surface area contributed by atoms with Crippen LogP contribution in [0.3, 0.4) is 0 Å². The molecular weight excluding hydrogens is 196 g/mol. The second kappa shape index (κ2) is 6.36. The highest BCUT2D eigenvalue weighted by molar-refractivity contribution is 4.84. The average Bonchev–Trinajstić information content (AvgIpc) is 2.10. The van der Waals surface area contributed by atoms with Crippen LogP contribution in [0.1, 0.15) is 74.1 Å². The summed E-state index contributed by atoms with van der Waals surface area (Å²) in [6.45, 7) is 15.3. The van der Waals surface area contributed by atoms with E-state index < -0.39 is 0 Å². The Labute approximate surface area is 102 Å². The number of unbranched alkanes of at least 4 members (excludes halogenated alkanes) is 1. The van der Waals surface area contributed by atoms with Gasteiger partial charge in [0, 0.05) is 0 Å². The van der Waals surface area contributed by atoms with E-state index in [9.17, 15) is 0 Å². The zero-order chi connectivity index (χ0) is 12.8. The number of rotatable bonds is 6. The van der Waals surface area contributed by atoms with Gasteiger partial charge in [0.05, 0.1) is 11.1 Å². The van der Waals surface area contributed by atoms with Gasteiger partial charge in [-0.15, -0.1) is 0 Å². The highest BCUT2D eigenvalue weighted by Crippen LogP contribution is 2.28. The van der Waals surface area contributed by atoms with Gasteiger partial charge in [-0.2, -0.15) is 10.2 Å². The first-order chi connectivity index (χ1) is 7.18. The molecule has 0 heterocycles. The van der Waals surface area contributed by atoms with Crippen LogP contribution in [0.15, 0.2) is 10.2 Å². The molecule has 16 heavy (non-hydrogen) atoms. The molecule has 0 aromatic rings. The quantitative estimate of drug-likeness (QED) is 0.554. The Morgan fingerprint density at radius 2 is 1.56 bits per heavy atom. The van der Waals surface area contributed by atoms with E-state index in [1.54, 1.807) is 0 Å². The fourth-order valence-corrected chi connectivity index (χ4v) is 1.90. The molecule has 0 saturated heterocycles. The number of hydrogen-bond acceptors (Lipinski definition) is 2. The number of hydrogen-bond donors (Lipinski definition) is 0. The van der Waals surface area contributed by atoms with Crippen LogP contribution in [0.2, 0.25) is 0 Å². The largest absolute Gasteiger partial charge is 0.188 e. The zero-order valence-electron chi connectivity index (χ0n) is 12.3. The summed E-state index contributed by atoms with van der Waals surface area (Å²) < 4.78 is 0. The molecule has 2 nitrogen and oxygen atoms in total. The summed E-state index contributed by atoms with van der Waals surface area (Å²) in [5.41, 5.74) is -0.0120. The smallest absolute Gasteiger partial charge is 0.0790 e. The van der Waals surface area contributed by atoms with E-state index in [0.29, 0.717) is 5.92 Å². The van der Waals surface area contributed by atoms with Crippen LogP contribution in [-0.2, 0) is 0 Å². The standard InChI is InChI=1S/C14H30N2/c1-8-9-10-14(7,11-12(2)3)16-15-13(4,5)6/h12H,8-11H2,1-7H3. The van der Waals surface area contributed by atoms with Gasteiger partial charge in [0.2, 0.25) is 0 Å². The molecule has 2 heteroatoms. The second-order valence-electron chi connectivity index (χ2n) is 6.57. The van der Waals surface area contributed by atoms with Crippen molar-refractivity contribution in [1.82, 2.24) is 0 Å². The summed E-state index contributed by atoms with van der Waals surface area (Å²) in [4.78, 5) is 0. The molecular formula is C14H30N2. The Balaban J connectivity index is 4.58. The topological polar surface area (TPSA) is 24.7 Å². The fourth-order valence-electron chi connectivity index (χ4n) is 1.90. The van der Waals surface area contributed by atoms with Crippen molar-refractivity contribution < 1.29 is 0 Å². The third-order valence-electron chi connectivity index (χ3n) is 2.51. The molecule has 96 valence electrons. The van der Waals surface area contributed by atoms with E-state index in [-0.39, 0.29) is 11.1 Å². The van der Waals surface area contributed by atoms with Gasteiger partial charge in [-0.1, -0.05) is 33.6 Å². The number of azo groups is 1. The van der Waals surface area contributed by atoms with Gasteiger partial charge in [-0.3, -0.25) is 0 Å².